The van der Waals surface area contributed by atoms with Gasteiger partial charge in [0.25, 0.3) is 5.91 Å². The van der Waals surface area contributed by atoms with Gasteiger partial charge in [-0.25, -0.2) is 0 Å². The number of hydrogen-bond acceptors (Lipinski definition) is 7. The highest BCUT2D eigenvalue weighted by molar-refractivity contribution is 7.99. The second kappa shape index (κ2) is 12.4. The van der Waals surface area contributed by atoms with Crippen LogP contribution in [0, 0.1) is 0 Å². The van der Waals surface area contributed by atoms with E-state index >= 15 is 0 Å². The van der Waals surface area contributed by atoms with Crippen LogP contribution in [-0.4, -0.2) is 70.9 Å². The molecule has 0 bridgehead atoms. The fraction of sp³-hybridized carbons (Fsp3) is 0.267. The minimum Gasteiger partial charge on any atom is -0.434 e. The molecule has 2 aliphatic heterocycles. The second-order valence-electron chi connectivity index (χ2n) is 9.74. The van der Waals surface area contributed by atoms with Crippen LogP contribution in [0.25, 0.3) is 10.8 Å². The molecule has 3 atom stereocenters. The third-order valence-electron chi connectivity index (χ3n) is 6.79. The van der Waals surface area contributed by atoms with E-state index in [0.29, 0.717) is 11.3 Å². The Hall–Kier alpha value is -4.15. The van der Waals surface area contributed by atoms with Crippen molar-refractivity contribution in [1.82, 2.24) is 15.5 Å². The fourth-order valence-corrected chi connectivity index (χ4v) is 5.62. The minimum absolute atomic E-state index is 0.149. The quantitative estimate of drug-likeness (QED) is 0.220. The van der Waals surface area contributed by atoms with Gasteiger partial charge in [0.2, 0.25) is 18.1 Å². The number of cyclic esters (lactones) is 1. The van der Waals surface area contributed by atoms with Crippen LogP contribution in [0.5, 0.6) is 0 Å². The number of fused-ring (bicyclic) bond motifs is 1. The van der Waals surface area contributed by atoms with Crippen LogP contribution in [0.4, 0.5) is 0 Å². The zero-order valence-corrected chi connectivity index (χ0v) is 22.4. The normalized spacial score (nSPS) is 21.0. The smallest absolute Gasteiger partial charge is 0.310 e. The zero-order valence-electron chi connectivity index (χ0n) is 21.6. The minimum atomic E-state index is -1.43. The molecule has 0 aliphatic carbocycles. The lowest BCUT2D eigenvalue weighted by atomic mass is 10.1. The summed E-state index contributed by atoms with van der Waals surface area (Å²) >= 11 is 1.62. The maximum absolute atomic E-state index is 13.6. The highest BCUT2D eigenvalue weighted by atomic mass is 32.2. The first-order chi connectivity index (χ1) is 19.4. The number of ether oxygens (including phenoxy) is 1. The summed E-state index contributed by atoms with van der Waals surface area (Å²) in [6, 6.07) is 21.2. The van der Waals surface area contributed by atoms with Crippen LogP contribution in [0.1, 0.15) is 23.2 Å². The van der Waals surface area contributed by atoms with Crippen LogP contribution < -0.4 is 10.6 Å². The predicted molar refractivity (Wildman–Crippen MR) is 150 cm³/mol. The van der Waals surface area contributed by atoms with Crippen molar-refractivity contribution in [3.8, 4) is 0 Å². The van der Waals surface area contributed by atoms with E-state index < -0.39 is 30.3 Å². The van der Waals surface area contributed by atoms with Gasteiger partial charge in [0.05, 0.1) is 13.0 Å². The molecule has 0 radical (unpaired) electrons. The molecule has 9 nitrogen and oxygen atoms in total. The molecule has 0 spiro atoms. The molecular formula is C30H29N3O6S. The molecule has 3 aromatic carbocycles. The van der Waals surface area contributed by atoms with Crippen molar-refractivity contribution in [1.29, 1.82) is 0 Å². The van der Waals surface area contributed by atoms with Gasteiger partial charge in [-0.05, 0) is 47.0 Å². The van der Waals surface area contributed by atoms with Gasteiger partial charge in [0.15, 0.2) is 0 Å². The number of aliphatic hydroxyl groups is 1. The van der Waals surface area contributed by atoms with Gasteiger partial charge in [-0.3, -0.25) is 19.2 Å². The molecule has 0 aromatic heterocycles. The van der Waals surface area contributed by atoms with E-state index in [0.717, 1.165) is 21.2 Å². The average molecular weight is 560 g/mol. The zero-order chi connectivity index (χ0) is 28.1. The van der Waals surface area contributed by atoms with E-state index in [2.05, 4.69) is 15.4 Å². The average Bonchev–Trinajstić information content (AvgIpc) is 3.20. The standard InChI is InChI=1S/C30H29N3O6S/c34-26(31-25-15-27(35)39-30(25)38)17-33-16-19(18-40-23-8-2-1-3-9-23)10-13-24(29(33)37)32-28(36)22-12-11-20-6-4-5-7-21(20)14-22/h1-12,14,24-25,30,38H,13,15-18H2,(H,31,34)(H,32,36). The Kier molecular flexibility index (Phi) is 8.47. The molecule has 0 saturated carbocycles. The molecule has 5 rings (SSSR count). The lowest BCUT2D eigenvalue weighted by molar-refractivity contribution is -0.155. The van der Waals surface area contributed by atoms with Crippen molar-refractivity contribution in [2.24, 2.45) is 0 Å². The highest BCUT2D eigenvalue weighted by Gasteiger charge is 2.36. The summed E-state index contributed by atoms with van der Waals surface area (Å²) in [5, 5.41) is 17.2. The van der Waals surface area contributed by atoms with Gasteiger partial charge < -0.3 is 25.4 Å². The molecule has 1 fully saturated rings. The molecule has 40 heavy (non-hydrogen) atoms. The topological polar surface area (TPSA) is 125 Å². The first-order valence-electron chi connectivity index (χ1n) is 13.0. The fourth-order valence-electron chi connectivity index (χ4n) is 4.71. The Labute approximate surface area is 235 Å². The van der Waals surface area contributed by atoms with Gasteiger partial charge in [-0.15, -0.1) is 11.8 Å². The maximum Gasteiger partial charge on any atom is 0.310 e. The van der Waals surface area contributed by atoms with Crippen molar-refractivity contribution >= 4 is 46.2 Å². The Morgan fingerprint density at radius 1 is 0.975 bits per heavy atom. The Balaban J connectivity index is 1.31. The molecule has 3 unspecified atom stereocenters. The SMILES string of the molecule is O=C(CN1CC(CSc2ccccc2)=CCC(NC(=O)c2ccc3ccccc3c2)C1=O)NC1CC(=O)OC1O. The van der Waals surface area contributed by atoms with Gasteiger partial charge in [-0.2, -0.15) is 0 Å². The number of amides is 3. The Bertz CT molecular complexity index is 1460. The number of carbonyl (C=O) groups excluding carboxylic acids is 4. The van der Waals surface area contributed by atoms with Crippen molar-refractivity contribution < 1.29 is 29.0 Å². The highest BCUT2D eigenvalue weighted by Crippen LogP contribution is 2.23. The van der Waals surface area contributed by atoms with E-state index in [1.165, 1.54) is 4.90 Å². The summed E-state index contributed by atoms with van der Waals surface area (Å²) in [6.45, 7) is -0.0942. The number of benzene rings is 3. The van der Waals surface area contributed by atoms with Gasteiger partial charge in [0, 0.05) is 22.8 Å². The molecule has 3 N–H and O–H groups in total. The monoisotopic (exact) mass is 559 g/mol. The summed E-state index contributed by atoms with van der Waals surface area (Å²) in [4.78, 5) is 53.5. The third kappa shape index (κ3) is 6.70. The van der Waals surface area contributed by atoms with E-state index in [4.69, 9.17) is 0 Å². The number of carbonyl (C=O) groups is 4. The van der Waals surface area contributed by atoms with Crippen molar-refractivity contribution in [2.75, 3.05) is 18.8 Å². The van der Waals surface area contributed by atoms with Crippen molar-refractivity contribution in [3.63, 3.8) is 0 Å². The number of rotatable bonds is 8. The summed E-state index contributed by atoms with van der Waals surface area (Å²) in [5.41, 5.74) is 1.38. The van der Waals surface area contributed by atoms with Crippen molar-refractivity contribution in [2.45, 2.75) is 36.1 Å². The number of hydrogen-bond donors (Lipinski definition) is 3. The van der Waals surface area contributed by atoms with Gasteiger partial charge in [-0.1, -0.05) is 54.6 Å². The van der Waals surface area contributed by atoms with Crippen LogP contribution >= 0.6 is 11.8 Å². The molecule has 206 valence electrons. The summed E-state index contributed by atoms with van der Waals surface area (Å²) < 4.78 is 4.69. The maximum atomic E-state index is 13.6. The number of aliphatic hydroxyl groups excluding tert-OH is 1. The third-order valence-corrected chi connectivity index (χ3v) is 7.91. The van der Waals surface area contributed by atoms with Crippen LogP contribution in [-0.2, 0) is 19.1 Å². The van der Waals surface area contributed by atoms with Crippen molar-refractivity contribution in [3.05, 3.63) is 90.0 Å². The molecule has 3 amide bonds. The number of thioether (sulfide) groups is 1. The van der Waals surface area contributed by atoms with Crippen LogP contribution in [0.15, 0.2) is 89.3 Å². The van der Waals surface area contributed by atoms with E-state index in [-0.39, 0.29) is 37.7 Å². The summed E-state index contributed by atoms with van der Waals surface area (Å²) in [6.07, 6.45) is 0.655. The molecular weight excluding hydrogens is 530 g/mol. The first kappa shape index (κ1) is 27.4. The first-order valence-corrected chi connectivity index (χ1v) is 14.0. The second-order valence-corrected chi connectivity index (χ2v) is 10.8. The van der Waals surface area contributed by atoms with E-state index in [1.54, 1.807) is 23.9 Å². The molecule has 2 aliphatic rings. The lowest BCUT2D eigenvalue weighted by Crippen LogP contribution is -2.52. The summed E-state index contributed by atoms with van der Waals surface area (Å²) in [5.74, 6) is -1.31. The summed E-state index contributed by atoms with van der Waals surface area (Å²) in [7, 11) is 0. The Morgan fingerprint density at radius 3 is 2.48 bits per heavy atom. The molecule has 3 aromatic rings. The van der Waals surface area contributed by atoms with E-state index in [9.17, 15) is 24.3 Å². The molecule has 10 heteroatoms. The van der Waals surface area contributed by atoms with Crippen LogP contribution in [0.2, 0.25) is 0 Å². The lowest BCUT2D eigenvalue weighted by Gasteiger charge is -2.26. The number of nitrogens with one attached hydrogen (secondary N) is 2. The number of esters is 1. The Morgan fingerprint density at radius 2 is 1.73 bits per heavy atom. The largest absolute Gasteiger partial charge is 0.434 e. The van der Waals surface area contributed by atoms with Gasteiger partial charge in [0.1, 0.15) is 12.1 Å². The van der Waals surface area contributed by atoms with Crippen LogP contribution in [0.3, 0.4) is 0 Å². The molecule has 2 heterocycles. The number of nitrogens with zero attached hydrogens (tertiary/aromatic N) is 1. The molecule has 1 saturated heterocycles. The van der Waals surface area contributed by atoms with E-state index in [1.807, 2.05) is 66.7 Å². The van der Waals surface area contributed by atoms with Gasteiger partial charge >= 0.3 is 5.97 Å². The predicted octanol–water partition coefficient (Wildman–Crippen LogP) is 2.64.